The first-order chi connectivity index (χ1) is 5.54. The molecule has 0 bridgehead atoms. The van der Waals surface area contributed by atoms with Gasteiger partial charge in [0.2, 0.25) is 5.91 Å². The Morgan fingerprint density at radius 3 is 2.50 bits per heavy atom. The molecule has 1 fully saturated rings. The van der Waals surface area contributed by atoms with Crippen LogP contribution >= 0.6 is 0 Å². The summed E-state index contributed by atoms with van der Waals surface area (Å²) in [5, 5.41) is 3.30. The number of carbonyl (C=O) groups excluding carboxylic acids is 1. The molecule has 0 aromatic heterocycles. The maximum absolute atomic E-state index is 10.7. The molecule has 1 aliphatic heterocycles. The Morgan fingerprint density at radius 1 is 1.67 bits per heavy atom. The molecule has 0 spiro atoms. The van der Waals surface area contributed by atoms with E-state index in [1.807, 2.05) is 13.8 Å². The first-order valence-electron chi connectivity index (χ1n) is 4.18. The average Bonchev–Trinajstić information content (AvgIpc) is 1.80. The van der Waals surface area contributed by atoms with Crippen molar-refractivity contribution in [2.75, 3.05) is 13.2 Å². The standard InChI is InChI=1S/C8H16N2O2/c1-6(2)10-8(3-7(9)11)4-12-5-8/h6,10H,3-5H2,1-2H3,(H2,9,11). The van der Waals surface area contributed by atoms with Gasteiger partial charge in [0.1, 0.15) is 0 Å². The fourth-order valence-corrected chi connectivity index (χ4v) is 1.53. The molecule has 1 amide bonds. The molecule has 0 saturated carbocycles. The van der Waals surface area contributed by atoms with E-state index < -0.39 is 0 Å². The van der Waals surface area contributed by atoms with Gasteiger partial charge in [0.05, 0.1) is 18.8 Å². The quantitative estimate of drug-likeness (QED) is 0.608. The molecule has 0 aromatic rings. The minimum absolute atomic E-state index is 0.181. The molecule has 0 unspecified atom stereocenters. The lowest BCUT2D eigenvalue weighted by molar-refractivity contribution is -0.128. The van der Waals surface area contributed by atoms with Crippen LogP contribution in [0.1, 0.15) is 20.3 Å². The summed E-state index contributed by atoms with van der Waals surface area (Å²) in [6, 6.07) is 0.355. The van der Waals surface area contributed by atoms with Crippen LogP contribution < -0.4 is 11.1 Å². The number of hydrogen-bond acceptors (Lipinski definition) is 3. The smallest absolute Gasteiger partial charge is 0.219 e. The highest BCUT2D eigenvalue weighted by atomic mass is 16.5. The van der Waals surface area contributed by atoms with Crippen molar-refractivity contribution in [3.05, 3.63) is 0 Å². The summed E-state index contributed by atoms with van der Waals surface area (Å²) >= 11 is 0. The molecule has 0 atom stereocenters. The van der Waals surface area contributed by atoms with Gasteiger partial charge in [0, 0.05) is 12.5 Å². The monoisotopic (exact) mass is 172 g/mol. The van der Waals surface area contributed by atoms with Crippen LogP contribution in [0.25, 0.3) is 0 Å². The fraction of sp³-hybridized carbons (Fsp3) is 0.875. The summed E-state index contributed by atoms with van der Waals surface area (Å²) in [6.07, 6.45) is 0.366. The molecule has 4 nitrogen and oxygen atoms in total. The van der Waals surface area contributed by atoms with Gasteiger partial charge in [-0.1, -0.05) is 13.8 Å². The highest BCUT2D eigenvalue weighted by molar-refractivity contribution is 5.75. The van der Waals surface area contributed by atoms with E-state index in [2.05, 4.69) is 5.32 Å². The lowest BCUT2D eigenvalue weighted by Crippen LogP contribution is -2.63. The van der Waals surface area contributed by atoms with E-state index in [9.17, 15) is 4.79 Å². The van der Waals surface area contributed by atoms with Gasteiger partial charge in [-0.3, -0.25) is 4.79 Å². The molecular formula is C8H16N2O2. The normalized spacial score (nSPS) is 20.6. The summed E-state index contributed by atoms with van der Waals surface area (Å²) in [5.41, 5.74) is 4.95. The van der Waals surface area contributed by atoms with Crippen LogP contribution in [-0.2, 0) is 9.53 Å². The van der Waals surface area contributed by atoms with E-state index >= 15 is 0 Å². The van der Waals surface area contributed by atoms with Crippen molar-refractivity contribution in [3.63, 3.8) is 0 Å². The van der Waals surface area contributed by atoms with Gasteiger partial charge >= 0.3 is 0 Å². The van der Waals surface area contributed by atoms with Crippen LogP contribution in [0.5, 0.6) is 0 Å². The average molecular weight is 172 g/mol. The number of nitrogens with one attached hydrogen (secondary N) is 1. The second-order valence-corrected chi connectivity index (χ2v) is 3.72. The fourth-order valence-electron chi connectivity index (χ4n) is 1.53. The Bertz CT molecular complexity index is 176. The van der Waals surface area contributed by atoms with Crippen LogP contribution in [0.15, 0.2) is 0 Å². The lowest BCUT2D eigenvalue weighted by atomic mass is 9.92. The predicted octanol–water partition coefficient (Wildman–Crippen LogP) is -0.371. The van der Waals surface area contributed by atoms with Gasteiger partial charge in [-0.05, 0) is 0 Å². The zero-order valence-corrected chi connectivity index (χ0v) is 7.59. The van der Waals surface area contributed by atoms with E-state index in [1.54, 1.807) is 0 Å². The highest BCUT2D eigenvalue weighted by Crippen LogP contribution is 2.21. The Balaban J connectivity index is 2.45. The summed E-state index contributed by atoms with van der Waals surface area (Å²) in [7, 11) is 0. The van der Waals surface area contributed by atoms with Crippen molar-refractivity contribution >= 4 is 5.91 Å². The molecule has 3 N–H and O–H groups in total. The number of primary amides is 1. The van der Waals surface area contributed by atoms with Crippen molar-refractivity contribution in [2.45, 2.75) is 31.8 Å². The number of nitrogens with two attached hydrogens (primary N) is 1. The molecule has 0 aromatic carbocycles. The van der Waals surface area contributed by atoms with Crippen LogP contribution in [-0.4, -0.2) is 30.7 Å². The third kappa shape index (κ3) is 2.19. The van der Waals surface area contributed by atoms with E-state index in [1.165, 1.54) is 0 Å². The minimum Gasteiger partial charge on any atom is -0.377 e. The van der Waals surface area contributed by atoms with Crippen LogP contribution in [0.3, 0.4) is 0 Å². The summed E-state index contributed by atoms with van der Waals surface area (Å²) in [5.74, 6) is -0.272. The van der Waals surface area contributed by atoms with Crippen LogP contribution in [0.2, 0.25) is 0 Å². The minimum atomic E-state index is -0.272. The zero-order valence-electron chi connectivity index (χ0n) is 7.59. The van der Waals surface area contributed by atoms with Crippen LogP contribution in [0, 0.1) is 0 Å². The molecule has 12 heavy (non-hydrogen) atoms. The molecule has 4 heteroatoms. The first kappa shape index (κ1) is 9.48. The van der Waals surface area contributed by atoms with E-state index in [4.69, 9.17) is 10.5 Å². The molecule has 1 saturated heterocycles. The summed E-state index contributed by atoms with van der Waals surface area (Å²) in [6.45, 7) is 5.27. The lowest BCUT2D eigenvalue weighted by Gasteiger charge is -2.42. The van der Waals surface area contributed by atoms with Crippen molar-refractivity contribution in [1.82, 2.24) is 5.32 Å². The number of ether oxygens (including phenoxy) is 1. The van der Waals surface area contributed by atoms with Crippen LogP contribution in [0.4, 0.5) is 0 Å². The second-order valence-electron chi connectivity index (χ2n) is 3.72. The first-order valence-corrected chi connectivity index (χ1v) is 4.18. The highest BCUT2D eigenvalue weighted by Gasteiger charge is 2.40. The Morgan fingerprint density at radius 2 is 2.25 bits per heavy atom. The molecule has 1 aliphatic rings. The zero-order chi connectivity index (χ0) is 9.19. The van der Waals surface area contributed by atoms with E-state index in [-0.39, 0.29) is 11.4 Å². The molecule has 70 valence electrons. The van der Waals surface area contributed by atoms with Crippen molar-refractivity contribution in [1.29, 1.82) is 0 Å². The predicted molar refractivity (Wildman–Crippen MR) is 45.6 cm³/mol. The van der Waals surface area contributed by atoms with Crippen molar-refractivity contribution < 1.29 is 9.53 Å². The maximum atomic E-state index is 10.7. The molecule has 1 heterocycles. The Kier molecular flexibility index (Phi) is 2.69. The third-order valence-corrected chi connectivity index (χ3v) is 1.86. The van der Waals surface area contributed by atoms with E-state index in [0.29, 0.717) is 25.7 Å². The van der Waals surface area contributed by atoms with Gasteiger partial charge in [0.25, 0.3) is 0 Å². The van der Waals surface area contributed by atoms with E-state index in [0.717, 1.165) is 0 Å². The molecule has 1 rings (SSSR count). The van der Waals surface area contributed by atoms with Gasteiger partial charge in [-0.15, -0.1) is 0 Å². The molecule has 0 radical (unpaired) electrons. The largest absolute Gasteiger partial charge is 0.377 e. The molecule has 0 aliphatic carbocycles. The topological polar surface area (TPSA) is 64.3 Å². The molecular weight excluding hydrogens is 156 g/mol. The summed E-state index contributed by atoms with van der Waals surface area (Å²) < 4.78 is 5.07. The summed E-state index contributed by atoms with van der Waals surface area (Å²) in [4.78, 5) is 10.7. The van der Waals surface area contributed by atoms with Gasteiger partial charge in [-0.2, -0.15) is 0 Å². The third-order valence-electron chi connectivity index (χ3n) is 1.86. The number of amides is 1. The SMILES string of the molecule is CC(C)NC1(CC(N)=O)COC1. The number of hydrogen-bond donors (Lipinski definition) is 2. The van der Waals surface area contributed by atoms with Gasteiger partial charge < -0.3 is 15.8 Å². The van der Waals surface area contributed by atoms with Gasteiger partial charge in [0.15, 0.2) is 0 Å². The Hall–Kier alpha value is -0.610. The van der Waals surface area contributed by atoms with Gasteiger partial charge in [-0.25, -0.2) is 0 Å². The van der Waals surface area contributed by atoms with Crippen molar-refractivity contribution in [3.8, 4) is 0 Å². The number of carbonyl (C=O) groups is 1. The Labute approximate surface area is 72.5 Å². The second kappa shape index (κ2) is 3.41. The number of rotatable bonds is 4. The van der Waals surface area contributed by atoms with Crippen molar-refractivity contribution in [2.24, 2.45) is 5.73 Å². The maximum Gasteiger partial charge on any atom is 0.219 e.